The van der Waals surface area contributed by atoms with E-state index in [0.29, 0.717) is 23.5 Å². The maximum Gasteiger partial charge on any atom is 0.308 e. The van der Waals surface area contributed by atoms with Gasteiger partial charge in [0.25, 0.3) is 0 Å². The molecule has 3 aliphatic rings. The summed E-state index contributed by atoms with van der Waals surface area (Å²) in [6.45, 7) is 3.64. The van der Waals surface area contributed by atoms with Crippen LogP contribution in [0.2, 0.25) is 0 Å². The summed E-state index contributed by atoms with van der Waals surface area (Å²) >= 11 is 0. The van der Waals surface area contributed by atoms with Crippen molar-refractivity contribution in [1.29, 1.82) is 0 Å². The molecule has 0 saturated heterocycles. The van der Waals surface area contributed by atoms with E-state index in [1.54, 1.807) is 0 Å². The van der Waals surface area contributed by atoms with E-state index >= 15 is 0 Å². The molecule has 5 atom stereocenters. The van der Waals surface area contributed by atoms with Crippen LogP contribution >= 0.6 is 0 Å². The van der Waals surface area contributed by atoms with Crippen LogP contribution in [-0.4, -0.2) is 16.7 Å². The zero-order chi connectivity index (χ0) is 17.8. The highest BCUT2D eigenvalue weighted by Gasteiger charge is 2.61. The fourth-order valence-electron chi connectivity index (χ4n) is 6.04. The van der Waals surface area contributed by atoms with Gasteiger partial charge in [0.2, 0.25) is 0 Å². The van der Waals surface area contributed by atoms with Gasteiger partial charge in [-0.05, 0) is 79.5 Å². The van der Waals surface area contributed by atoms with E-state index in [4.69, 9.17) is 11.2 Å². The van der Waals surface area contributed by atoms with E-state index in [1.807, 2.05) is 12.1 Å². The van der Waals surface area contributed by atoms with Gasteiger partial charge in [0, 0.05) is 12.3 Å². The molecule has 1 unspecified atom stereocenters. The van der Waals surface area contributed by atoms with Crippen molar-refractivity contribution < 1.29 is 14.6 Å². The molecular weight excluding hydrogens is 312 g/mol. The Bertz CT molecular complexity index is 761. The number of hydrogen-bond donors (Lipinski definition) is 1. The van der Waals surface area contributed by atoms with Gasteiger partial charge in [0.15, 0.2) is 0 Å². The number of hydrogen-bond acceptors (Lipinski definition) is 3. The number of aryl methyl sites for hydroxylation is 1. The number of ether oxygens (including phenoxy) is 1. The van der Waals surface area contributed by atoms with Crippen molar-refractivity contribution in [3.63, 3.8) is 0 Å². The summed E-state index contributed by atoms with van der Waals surface area (Å²) in [6.07, 6.45) is 11.7. The van der Waals surface area contributed by atoms with Crippen molar-refractivity contribution in [2.45, 2.75) is 63.9 Å². The predicted molar refractivity (Wildman–Crippen MR) is 96.2 cm³/mol. The first-order chi connectivity index (χ1) is 11.9. The van der Waals surface area contributed by atoms with Gasteiger partial charge in [0.1, 0.15) is 11.4 Å². The van der Waals surface area contributed by atoms with Gasteiger partial charge in [-0.1, -0.05) is 18.9 Å². The molecule has 0 spiro atoms. The fraction of sp³-hybridized carbons (Fsp3) is 0.591. The number of aliphatic hydroxyl groups is 1. The highest BCUT2D eigenvalue weighted by Crippen LogP contribution is 2.64. The van der Waals surface area contributed by atoms with Gasteiger partial charge in [-0.15, -0.1) is 6.42 Å². The third-order valence-corrected chi connectivity index (χ3v) is 7.35. The number of carbonyl (C=O) groups is 1. The minimum absolute atomic E-state index is 0.155. The summed E-state index contributed by atoms with van der Waals surface area (Å²) in [5.74, 6) is 4.72. The van der Waals surface area contributed by atoms with Crippen molar-refractivity contribution in [2.75, 3.05) is 0 Å². The molecule has 0 heterocycles. The van der Waals surface area contributed by atoms with Crippen LogP contribution in [0.3, 0.4) is 0 Å². The summed E-state index contributed by atoms with van der Waals surface area (Å²) in [7, 11) is 0. The second-order valence-corrected chi connectivity index (χ2v) is 8.37. The highest BCUT2D eigenvalue weighted by atomic mass is 16.5. The molecule has 3 aliphatic carbocycles. The van der Waals surface area contributed by atoms with Crippen LogP contribution in [0.15, 0.2) is 18.2 Å². The number of terminal acetylenes is 1. The lowest BCUT2D eigenvalue weighted by molar-refractivity contribution is -0.131. The summed E-state index contributed by atoms with van der Waals surface area (Å²) in [5.41, 5.74) is 1.62. The first-order valence-electron chi connectivity index (χ1n) is 9.39. The minimum atomic E-state index is -0.942. The zero-order valence-electron chi connectivity index (χ0n) is 15.0. The van der Waals surface area contributed by atoms with Crippen LogP contribution in [0, 0.1) is 29.6 Å². The molecule has 0 radical (unpaired) electrons. The first-order valence-corrected chi connectivity index (χ1v) is 9.39. The van der Waals surface area contributed by atoms with Gasteiger partial charge in [-0.3, -0.25) is 4.79 Å². The van der Waals surface area contributed by atoms with Crippen molar-refractivity contribution in [3.8, 4) is 18.1 Å². The van der Waals surface area contributed by atoms with E-state index in [1.165, 1.54) is 18.1 Å². The molecular formula is C22H26O3. The number of carbonyl (C=O) groups excluding carboxylic acids is 1. The molecule has 3 nitrogen and oxygen atoms in total. The topological polar surface area (TPSA) is 46.5 Å². The van der Waals surface area contributed by atoms with Crippen molar-refractivity contribution in [1.82, 2.24) is 0 Å². The van der Waals surface area contributed by atoms with Crippen LogP contribution in [0.1, 0.15) is 63.0 Å². The Morgan fingerprint density at radius 1 is 1.32 bits per heavy atom. The lowest BCUT2D eigenvalue weighted by Gasteiger charge is -2.52. The Hall–Kier alpha value is -1.79. The molecule has 2 saturated carbocycles. The van der Waals surface area contributed by atoms with Crippen LogP contribution < -0.4 is 4.74 Å². The average Bonchev–Trinajstić information content (AvgIpc) is 2.86. The smallest absolute Gasteiger partial charge is 0.308 e. The number of esters is 1. The second-order valence-electron chi connectivity index (χ2n) is 8.37. The first kappa shape index (κ1) is 16.7. The molecule has 1 aromatic carbocycles. The standard InChI is InChI=1S/C22H26O3/c1-4-22(24)12-10-20-19-7-5-15-13-16(25-14(2)23)6-8-17(15)18(19)9-11-21(20,22)3/h1,6,8,13,18-20,24H,5,7,9-12H2,2-3H3/t18-,19-,20+,21?,22+/m1/s1. The lowest BCUT2D eigenvalue weighted by atomic mass is 9.53. The molecule has 0 aliphatic heterocycles. The van der Waals surface area contributed by atoms with E-state index in [0.717, 1.165) is 38.5 Å². The Morgan fingerprint density at radius 2 is 2.12 bits per heavy atom. The van der Waals surface area contributed by atoms with Crippen molar-refractivity contribution >= 4 is 5.97 Å². The maximum atomic E-state index is 11.2. The summed E-state index contributed by atoms with van der Waals surface area (Å²) < 4.78 is 5.25. The Balaban J connectivity index is 1.65. The Morgan fingerprint density at radius 3 is 2.84 bits per heavy atom. The summed E-state index contributed by atoms with van der Waals surface area (Å²) in [4.78, 5) is 11.2. The molecule has 0 bridgehead atoms. The SMILES string of the molecule is C#C[C@]1(O)CC[C@H]2[C@@H]3CCc4cc(OC(C)=O)ccc4[C@H]3CCC21C. The van der Waals surface area contributed by atoms with Crippen LogP contribution in [0.5, 0.6) is 5.75 Å². The molecule has 0 amide bonds. The van der Waals surface area contributed by atoms with Crippen LogP contribution in [-0.2, 0) is 11.2 Å². The quantitative estimate of drug-likeness (QED) is 0.481. The second kappa shape index (κ2) is 5.61. The normalized spacial score (nSPS) is 38.9. The minimum Gasteiger partial charge on any atom is -0.427 e. The molecule has 25 heavy (non-hydrogen) atoms. The van der Waals surface area contributed by atoms with Gasteiger partial charge in [-0.25, -0.2) is 0 Å². The number of benzene rings is 1. The Kier molecular flexibility index (Phi) is 3.74. The largest absolute Gasteiger partial charge is 0.427 e. The number of fused-ring (bicyclic) bond motifs is 5. The summed E-state index contributed by atoms with van der Waals surface area (Å²) in [5, 5.41) is 11.0. The molecule has 132 valence electrons. The van der Waals surface area contributed by atoms with Crippen LogP contribution in [0.25, 0.3) is 0 Å². The zero-order valence-corrected chi connectivity index (χ0v) is 15.0. The van der Waals surface area contributed by atoms with Gasteiger partial charge >= 0.3 is 5.97 Å². The molecule has 4 rings (SSSR count). The predicted octanol–water partition coefficient (Wildman–Crippen LogP) is 3.83. The van der Waals surface area contributed by atoms with Crippen molar-refractivity contribution in [3.05, 3.63) is 29.3 Å². The Labute approximate surface area is 149 Å². The highest BCUT2D eigenvalue weighted by molar-refractivity contribution is 5.69. The number of rotatable bonds is 1. The summed E-state index contributed by atoms with van der Waals surface area (Å²) in [6, 6.07) is 6.10. The van der Waals surface area contributed by atoms with E-state index in [2.05, 4.69) is 18.9 Å². The average molecular weight is 338 g/mol. The molecule has 1 aromatic rings. The molecule has 1 N–H and O–H groups in total. The van der Waals surface area contributed by atoms with E-state index < -0.39 is 5.60 Å². The van der Waals surface area contributed by atoms with Crippen LogP contribution in [0.4, 0.5) is 0 Å². The van der Waals surface area contributed by atoms with Gasteiger partial charge in [-0.2, -0.15) is 0 Å². The van der Waals surface area contributed by atoms with Crippen molar-refractivity contribution in [2.24, 2.45) is 17.3 Å². The third kappa shape index (κ3) is 2.34. The molecule has 3 heteroatoms. The van der Waals surface area contributed by atoms with Gasteiger partial charge < -0.3 is 9.84 Å². The monoisotopic (exact) mass is 338 g/mol. The van der Waals surface area contributed by atoms with Gasteiger partial charge in [0.05, 0.1) is 0 Å². The maximum absolute atomic E-state index is 11.2. The molecule has 0 aromatic heterocycles. The van der Waals surface area contributed by atoms with E-state index in [9.17, 15) is 9.90 Å². The third-order valence-electron chi connectivity index (χ3n) is 7.35. The molecule has 2 fully saturated rings. The lowest BCUT2D eigenvalue weighted by Crippen LogP contribution is -2.50. The fourth-order valence-corrected chi connectivity index (χ4v) is 6.04. The van der Waals surface area contributed by atoms with E-state index in [-0.39, 0.29) is 11.4 Å².